The van der Waals surface area contributed by atoms with Crippen molar-refractivity contribution in [3.8, 4) is 0 Å². The first-order chi connectivity index (χ1) is 7.50. The van der Waals surface area contributed by atoms with Gasteiger partial charge < -0.3 is 14.1 Å². The van der Waals surface area contributed by atoms with Crippen molar-refractivity contribution in [2.24, 2.45) is 0 Å². The number of aromatic amines is 1. The molecule has 0 aliphatic heterocycles. The SMILES string of the molecule is Cc1cn(C(C)c2c(C)noc2C)c(=S)[nH]1. The van der Waals surface area contributed by atoms with E-state index in [0.717, 1.165) is 27.5 Å². The van der Waals surface area contributed by atoms with Crippen LogP contribution < -0.4 is 0 Å². The molecule has 0 bridgehead atoms. The summed E-state index contributed by atoms with van der Waals surface area (Å²) in [5.74, 6) is 0.853. The zero-order chi connectivity index (χ0) is 11.9. The van der Waals surface area contributed by atoms with Crippen LogP contribution in [0.5, 0.6) is 0 Å². The number of hydrogen-bond acceptors (Lipinski definition) is 3. The van der Waals surface area contributed by atoms with Crippen LogP contribution in [0.25, 0.3) is 0 Å². The second-order valence-corrected chi connectivity index (χ2v) is 4.45. The average Bonchev–Trinajstić information content (AvgIpc) is 2.70. The number of rotatable bonds is 2. The van der Waals surface area contributed by atoms with Gasteiger partial charge in [0.1, 0.15) is 5.76 Å². The Hall–Kier alpha value is -1.36. The molecule has 0 saturated heterocycles. The van der Waals surface area contributed by atoms with Crippen LogP contribution in [0.1, 0.15) is 35.7 Å². The highest BCUT2D eigenvalue weighted by Crippen LogP contribution is 2.25. The maximum absolute atomic E-state index is 5.27. The van der Waals surface area contributed by atoms with E-state index in [1.54, 1.807) is 0 Å². The van der Waals surface area contributed by atoms with Crippen LogP contribution in [0.15, 0.2) is 10.7 Å². The van der Waals surface area contributed by atoms with Gasteiger partial charge in [0.25, 0.3) is 0 Å². The lowest BCUT2D eigenvalue weighted by Crippen LogP contribution is -2.07. The van der Waals surface area contributed by atoms with Gasteiger partial charge in [-0.1, -0.05) is 5.16 Å². The van der Waals surface area contributed by atoms with Crippen molar-refractivity contribution < 1.29 is 4.52 Å². The Morgan fingerprint density at radius 3 is 2.56 bits per heavy atom. The van der Waals surface area contributed by atoms with Gasteiger partial charge in [-0.3, -0.25) is 0 Å². The van der Waals surface area contributed by atoms with Crippen LogP contribution in [-0.4, -0.2) is 14.7 Å². The Balaban J connectivity index is 2.51. The summed E-state index contributed by atoms with van der Waals surface area (Å²) >= 11 is 5.27. The van der Waals surface area contributed by atoms with E-state index in [-0.39, 0.29) is 6.04 Å². The number of nitrogens with zero attached hydrogens (tertiary/aromatic N) is 2. The van der Waals surface area contributed by atoms with E-state index >= 15 is 0 Å². The molecule has 16 heavy (non-hydrogen) atoms. The van der Waals surface area contributed by atoms with Gasteiger partial charge in [-0.2, -0.15) is 0 Å². The second kappa shape index (κ2) is 3.90. The first kappa shape index (κ1) is 11.1. The molecule has 4 nitrogen and oxygen atoms in total. The number of hydrogen-bond donors (Lipinski definition) is 1. The molecule has 86 valence electrons. The monoisotopic (exact) mass is 237 g/mol. The summed E-state index contributed by atoms with van der Waals surface area (Å²) in [4.78, 5) is 3.12. The van der Waals surface area contributed by atoms with E-state index in [1.807, 2.05) is 31.5 Å². The molecule has 2 rings (SSSR count). The van der Waals surface area contributed by atoms with Gasteiger partial charge in [0.2, 0.25) is 0 Å². The van der Waals surface area contributed by atoms with Crippen molar-refractivity contribution >= 4 is 12.2 Å². The van der Waals surface area contributed by atoms with Gasteiger partial charge in [-0.05, 0) is 39.9 Å². The number of aryl methyl sites for hydroxylation is 3. The van der Waals surface area contributed by atoms with E-state index in [0.29, 0.717) is 0 Å². The summed E-state index contributed by atoms with van der Waals surface area (Å²) in [6.07, 6.45) is 2.01. The zero-order valence-electron chi connectivity index (χ0n) is 9.87. The Kier molecular flexibility index (Phi) is 2.71. The van der Waals surface area contributed by atoms with Gasteiger partial charge >= 0.3 is 0 Å². The normalized spacial score (nSPS) is 13.0. The fraction of sp³-hybridized carbons (Fsp3) is 0.455. The number of nitrogens with one attached hydrogen (secondary N) is 1. The molecule has 0 spiro atoms. The molecule has 1 atom stereocenters. The molecule has 0 fully saturated rings. The van der Waals surface area contributed by atoms with E-state index in [9.17, 15) is 0 Å². The average molecular weight is 237 g/mol. The minimum atomic E-state index is 0.142. The topological polar surface area (TPSA) is 46.8 Å². The van der Waals surface area contributed by atoms with Crippen molar-refractivity contribution in [2.45, 2.75) is 33.7 Å². The molecule has 2 aromatic rings. The third-order valence-electron chi connectivity index (χ3n) is 2.79. The van der Waals surface area contributed by atoms with Gasteiger partial charge in [0.15, 0.2) is 4.77 Å². The molecule has 0 saturated carbocycles. The molecule has 2 aromatic heterocycles. The minimum Gasteiger partial charge on any atom is -0.361 e. The van der Waals surface area contributed by atoms with Crippen LogP contribution in [-0.2, 0) is 0 Å². The molecule has 1 unspecified atom stereocenters. The summed E-state index contributed by atoms with van der Waals surface area (Å²) in [5, 5.41) is 3.97. The summed E-state index contributed by atoms with van der Waals surface area (Å²) < 4.78 is 7.93. The smallest absolute Gasteiger partial charge is 0.177 e. The minimum absolute atomic E-state index is 0.142. The summed E-state index contributed by atoms with van der Waals surface area (Å²) in [7, 11) is 0. The fourth-order valence-corrected chi connectivity index (χ4v) is 2.42. The number of H-pyrrole nitrogens is 1. The first-order valence-electron chi connectivity index (χ1n) is 5.21. The molecule has 1 N–H and O–H groups in total. The molecule has 0 aromatic carbocycles. The Labute approximate surface area is 99.3 Å². The van der Waals surface area contributed by atoms with Crippen LogP contribution in [0.2, 0.25) is 0 Å². The van der Waals surface area contributed by atoms with Crippen LogP contribution >= 0.6 is 12.2 Å². The molecule has 0 aliphatic rings. The predicted octanol–water partition coefficient (Wildman–Crippen LogP) is 3.07. The Morgan fingerprint density at radius 2 is 2.12 bits per heavy atom. The zero-order valence-corrected chi connectivity index (χ0v) is 10.7. The van der Waals surface area contributed by atoms with Gasteiger partial charge in [-0.15, -0.1) is 0 Å². The van der Waals surface area contributed by atoms with Crippen molar-refractivity contribution in [3.05, 3.63) is 33.7 Å². The Bertz CT molecular complexity index is 545. The van der Waals surface area contributed by atoms with Crippen LogP contribution in [0.4, 0.5) is 0 Å². The molecular weight excluding hydrogens is 222 g/mol. The highest BCUT2D eigenvalue weighted by atomic mass is 32.1. The standard InChI is InChI=1S/C11H15N3OS/c1-6-5-14(11(16)12-6)8(3)10-7(2)13-15-9(10)4/h5,8H,1-4H3,(H,12,16). The lowest BCUT2D eigenvalue weighted by Gasteiger charge is -2.12. The van der Waals surface area contributed by atoms with Gasteiger partial charge in [0, 0.05) is 17.5 Å². The molecule has 0 aliphatic carbocycles. The van der Waals surface area contributed by atoms with E-state index in [2.05, 4.69) is 17.1 Å². The second-order valence-electron chi connectivity index (χ2n) is 4.06. The lowest BCUT2D eigenvalue weighted by atomic mass is 10.1. The van der Waals surface area contributed by atoms with Crippen molar-refractivity contribution in [1.82, 2.24) is 14.7 Å². The third-order valence-corrected chi connectivity index (χ3v) is 3.11. The predicted molar refractivity (Wildman–Crippen MR) is 64.1 cm³/mol. The van der Waals surface area contributed by atoms with E-state index < -0.39 is 0 Å². The van der Waals surface area contributed by atoms with Gasteiger partial charge in [-0.25, -0.2) is 0 Å². The molecular formula is C11H15N3OS. The quantitative estimate of drug-likeness (QED) is 0.816. The molecule has 0 radical (unpaired) electrons. The van der Waals surface area contributed by atoms with E-state index in [1.165, 1.54) is 0 Å². The highest BCUT2D eigenvalue weighted by Gasteiger charge is 2.18. The molecule has 0 amide bonds. The van der Waals surface area contributed by atoms with Crippen molar-refractivity contribution in [2.75, 3.05) is 0 Å². The number of imidazole rings is 1. The maximum Gasteiger partial charge on any atom is 0.177 e. The van der Waals surface area contributed by atoms with Crippen LogP contribution in [0, 0.1) is 25.5 Å². The maximum atomic E-state index is 5.27. The van der Waals surface area contributed by atoms with E-state index in [4.69, 9.17) is 16.7 Å². The largest absolute Gasteiger partial charge is 0.361 e. The highest BCUT2D eigenvalue weighted by molar-refractivity contribution is 7.71. The number of aromatic nitrogens is 3. The summed E-state index contributed by atoms with van der Waals surface area (Å²) in [5.41, 5.74) is 3.09. The molecule has 5 heteroatoms. The fourth-order valence-electron chi connectivity index (χ4n) is 2.05. The summed E-state index contributed by atoms with van der Waals surface area (Å²) in [6, 6.07) is 0.142. The van der Waals surface area contributed by atoms with Gasteiger partial charge in [0.05, 0.1) is 11.7 Å². The molecule has 2 heterocycles. The Morgan fingerprint density at radius 1 is 1.44 bits per heavy atom. The summed E-state index contributed by atoms with van der Waals surface area (Å²) in [6.45, 7) is 7.96. The lowest BCUT2D eigenvalue weighted by molar-refractivity contribution is 0.391. The van der Waals surface area contributed by atoms with Crippen molar-refractivity contribution in [1.29, 1.82) is 0 Å². The van der Waals surface area contributed by atoms with Crippen LogP contribution in [0.3, 0.4) is 0 Å². The third kappa shape index (κ3) is 1.71. The first-order valence-corrected chi connectivity index (χ1v) is 5.62. The van der Waals surface area contributed by atoms with Crippen molar-refractivity contribution in [3.63, 3.8) is 0 Å².